The van der Waals surface area contributed by atoms with E-state index in [-0.39, 0.29) is 5.41 Å². The molecule has 0 atom stereocenters. The maximum atomic E-state index is 12.1. The van der Waals surface area contributed by atoms with Gasteiger partial charge in [0, 0.05) is 18.3 Å². The molecule has 0 aromatic carbocycles. The molecule has 0 aliphatic heterocycles. The predicted molar refractivity (Wildman–Crippen MR) is 120 cm³/mol. The maximum Gasteiger partial charge on any atom is 0.303 e. The lowest BCUT2D eigenvalue weighted by molar-refractivity contribution is -0.137. The van der Waals surface area contributed by atoms with E-state index in [1.807, 2.05) is 0 Å². The first-order valence-corrected chi connectivity index (χ1v) is 12.1. The number of carbonyl (C=O) groups excluding carboxylic acids is 1. The van der Waals surface area contributed by atoms with Crippen LogP contribution in [0.25, 0.3) is 0 Å². The summed E-state index contributed by atoms with van der Waals surface area (Å²) in [5.74, 6) is -0.226. The van der Waals surface area contributed by atoms with E-state index in [9.17, 15) is 9.59 Å². The first kappa shape index (κ1) is 27.1. The average molecular weight is 397 g/mol. The number of Topliss-reactive ketones (excluding diaryl/α,β-unsaturated/α-hetero) is 1. The van der Waals surface area contributed by atoms with Crippen molar-refractivity contribution in [1.29, 1.82) is 0 Å². The molecule has 0 rings (SSSR count). The van der Waals surface area contributed by atoms with Crippen molar-refractivity contribution in [3.05, 3.63) is 0 Å². The molecule has 0 radical (unpaired) electrons. The van der Waals surface area contributed by atoms with Crippen molar-refractivity contribution in [2.45, 2.75) is 143 Å². The molecular weight excluding hydrogens is 348 g/mol. The summed E-state index contributed by atoms with van der Waals surface area (Å²) < 4.78 is 0. The van der Waals surface area contributed by atoms with Crippen LogP contribution in [-0.4, -0.2) is 16.9 Å². The summed E-state index contributed by atoms with van der Waals surface area (Å²) in [6, 6.07) is 0. The average Bonchev–Trinajstić information content (AvgIpc) is 2.66. The second-order valence-electron chi connectivity index (χ2n) is 9.21. The van der Waals surface area contributed by atoms with E-state index in [2.05, 4.69) is 20.8 Å². The summed E-state index contributed by atoms with van der Waals surface area (Å²) >= 11 is 0. The fourth-order valence-electron chi connectivity index (χ4n) is 3.57. The molecule has 0 aromatic rings. The Morgan fingerprint density at radius 1 is 0.571 bits per heavy atom. The van der Waals surface area contributed by atoms with Gasteiger partial charge < -0.3 is 5.11 Å². The molecule has 0 saturated carbocycles. The summed E-state index contributed by atoms with van der Waals surface area (Å²) in [5.41, 5.74) is -0.123. The van der Waals surface area contributed by atoms with Crippen molar-refractivity contribution in [2.75, 3.05) is 0 Å². The Labute approximate surface area is 175 Å². The quantitative estimate of drug-likeness (QED) is 0.199. The molecular formula is C25H48O3. The Balaban J connectivity index is 3.18. The number of carboxylic acid groups (broad SMARTS) is 1. The Morgan fingerprint density at radius 2 is 0.857 bits per heavy atom. The van der Waals surface area contributed by atoms with Crippen molar-refractivity contribution in [3.63, 3.8) is 0 Å². The zero-order chi connectivity index (χ0) is 21.1. The van der Waals surface area contributed by atoms with Crippen molar-refractivity contribution in [2.24, 2.45) is 5.41 Å². The highest BCUT2D eigenvalue weighted by Crippen LogP contribution is 2.24. The van der Waals surface area contributed by atoms with E-state index in [4.69, 9.17) is 5.11 Å². The minimum atomic E-state index is -0.664. The van der Waals surface area contributed by atoms with Gasteiger partial charge in [-0.2, -0.15) is 0 Å². The van der Waals surface area contributed by atoms with E-state index in [1.165, 1.54) is 83.5 Å². The zero-order valence-corrected chi connectivity index (χ0v) is 19.2. The number of ketones is 1. The van der Waals surface area contributed by atoms with Crippen molar-refractivity contribution < 1.29 is 14.7 Å². The Bertz CT molecular complexity index is 387. The first-order valence-electron chi connectivity index (χ1n) is 12.1. The number of rotatable bonds is 21. The molecule has 0 aromatic heterocycles. The van der Waals surface area contributed by atoms with Gasteiger partial charge in [0.2, 0.25) is 0 Å². The van der Waals surface area contributed by atoms with E-state index >= 15 is 0 Å². The molecule has 0 unspecified atom stereocenters. The Kier molecular flexibility index (Phi) is 17.6. The van der Waals surface area contributed by atoms with Crippen LogP contribution in [0.2, 0.25) is 0 Å². The maximum absolute atomic E-state index is 12.1. The predicted octanol–water partition coefficient (Wildman–Crippen LogP) is 8.10. The Morgan fingerprint density at radius 3 is 1.14 bits per heavy atom. The van der Waals surface area contributed by atoms with Gasteiger partial charge in [0.1, 0.15) is 5.78 Å². The smallest absolute Gasteiger partial charge is 0.303 e. The number of aliphatic carboxylic acids is 1. The fourth-order valence-corrected chi connectivity index (χ4v) is 3.57. The largest absolute Gasteiger partial charge is 0.481 e. The van der Waals surface area contributed by atoms with Crippen LogP contribution in [0.5, 0.6) is 0 Å². The van der Waals surface area contributed by atoms with Crippen molar-refractivity contribution in [1.82, 2.24) is 0 Å². The zero-order valence-electron chi connectivity index (χ0n) is 19.2. The lowest BCUT2D eigenvalue weighted by atomic mass is 9.83. The highest BCUT2D eigenvalue weighted by molar-refractivity contribution is 5.83. The van der Waals surface area contributed by atoms with Crippen LogP contribution in [0.15, 0.2) is 0 Å². The lowest BCUT2D eigenvalue weighted by Crippen LogP contribution is -2.22. The van der Waals surface area contributed by atoms with Crippen LogP contribution in [0, 0.1) is 5.41 Å². The van der Waals surface area contributed by atoms with Gasteiger partial charge in [-0.3, -0.25) is 9.59 Å². The number of carbonyl (C=O) groups is 2. The molecule has 0 saturated heterocycles. The number of hydrogen-bond donors (Lipinski definition) is 1. The minimum Gasteiger partial charge on any atom is -0.481 e. The fraction of sp³-hybridized carbons (Fsp3) is 0.920. The third-order valence-corrected chi connectivity index (χ3v) is 6.18. The molecule has 0 spiro atoms. The van der Waals surface area contributed by atoms with Crippen molar-refractivity contribution >= 4 is 11.8 Å². The molecule has 166 valence electrons. The molecule has 0 fully saturated rings. The third-order valence-electron chi connectivity index (χ3n) is 6.18. The van der Waals surface area contributed by atoms with Crippen LogP contribution >= 0.6 is 0 Å². The van der Waals surface area contributed by atoms with Crippen LogP contribution in [-0.2, 0) is 9.59 Å². The molecule has 3 nitrogen and oxygen atoms in total. The molecule has 1 N–H and O–H groups in total. The molecule has 0 amide bonds. The number of carboxylic acids is 1. The molecule has 0 bridgehead atoms. The molecule has 28 heavy (non-hydrogen) atoms. The van der Waals surface area contributed by atoms with Gasteiger partial charge >= 0.3 is 5.97 Å². The van der Waals surface area contributed by atoms with Gasteiger partial charge in [-0.15, -0.1) is 0 Å². The van der Waals surface area contributed by atoms with E-state index in [0.717, 1.165) is 32.1 Å². The van der Waals surface area contributed by atoms with Crippen LogP contribution in [0.3, 0.4) is 0 Å². The topological polar surface area (TPSA) is 54.4 Å². The van der Waals surface area contributed by atoms with Gasteiger partial charge in [0.05, 0.1) is 0 Å². The second-order valence-corrected chi connectivity index (χ2v) is 9.21. The SMILES string of the molecule is CCC(C)(C)C(=O)CCCCCCCCCCCCCCCCCCC(=O)O. The van der Waals surface area contributed by atoms with E-state index in [1.54, 1.807) is 0 Å². The van der Waals surface area contributed by atoms with E-state index in [0.29, 0.717) is 12.2 Å². The van der Waals surface area contributed by atoms with Gasteiger partial charge in [-0.05, 0) is 19.3 Å². The second kappa shape index (κ2) is 18.2. The number of unbranched alkanes of at least 4 members (excludes halogenated alkanes) is 15. The highest BCUT2D eigenvalue weighted by Gasteiger charge is 2.23. The van der Waals surface area contributed by atoms with Crippen molar-refractivity contribution in [3.8, 4) is 0 Å². The van der Waals surface area contributed by atoms with Gasteiger partial charge in [0.25, 0.3) is 0 Å². The van der Waals surface area contributed by atoms with Crippen LogP contribution in [0.4, 0.5) is 0 Å². The van der Waals surface area contributed by atoms with Crippen LogP contribution in [0.1, 0.15) is 143 Å². The van der Waals surface area contributed by atoms with Gasteiger partial charge in [0.15, 0.2) is 0 Å². The Hall–Kier alpha value is -0.860. The summed E-state index contributed by atoms with van der Waals surface area (Å²) in [4.78, 5) is 22.5. The molecule has 0 aliphatic carbocycles. The first-order chi connectivity index (χ1) is 13.4. The highest BCUT2D eigenvalue weighted by atomic mass is 16.4. The summed E-state index contributed by atoms with van der Waals surface area (Å²) in [6.07, 6.45) is 22.1. The summed E-state index contributed by atoms with van der Waals surface area (Å²) in [7, 11) is 0. The monoisotopic (exact) mass is 396 g/mol. The molecule has 0 aliphatic rings. The van der Waals surface area contributed by atoms with E-state index < -0.39 is 5.97 Å². The van der Waals surface area contributed by atoms with Gasteiger partial charge in [-0.1, -0.05) is 111 Å². The molecule has 0 heterocycles. The normalized spacial score (nSPS) is 11.7. The number of hydrogen-bond acceptors (Lipinski definition) is 2. The minimum absolute atomic E-state index is 0.123. The molecule has 3 heteroatoms. The lowest BCUT2D eigenvalue weighted by Gasteiger charge is -2.20. The third kappa shape index (κ3) is 17.3. The summed E-state index contributed by atoms with van der Waals surface area (Å²) in [6.45, 7) is 6.24. The van der Waals surface area contributed by atoms with Gasteiger partial charge in [-0.25, -0.2) is 0 Å². The standard InChI is InChI=1S/C25H48O3/c1-4-25(2,3)23(26)21-19-17-15-13-11-9-7-5-6-8-10-12-14-16-18-20-22-24(27)28/h4-22H2,1-3H3,(H,27,28). The summed E-state index contributed by atoms with van der Waals surface area (Å²) in [5, 5.41) is 8.58. The van der Waals surface area contributed by atoms with Crippen LogP contribution < -0.4 is 0 Å².